The van der Waals surface area contributed by atoms with Crippen molar-refractivity contribution in [1.82, 2.24) is 5.32 Å². The van der Waals surface area contributed by atoms with Gasteiger partial charge in [0.1, 0.15) is 5.82 Å². The number of halogens is 2. The Morgan fingerprint density at radius 1 is 1.19 bits per heavy atom. The van der Waals surface area contributed by atoms with E-state index in [4.69, 9.17) is 16.3 Å². The highest BCUT2D eigenvalue weighted by atomic mass is 35.5. The van der Waals surface area contributed by atoms with E-state index in [1.807, 2.05) is 0 Å². The Balaban J connectivity index is 1.40. The van der Waals surface area contributed by atoms with Crippen molar-refractivity contribution in [2.45, 2.75) is 57.1 Å². The second-order valence-corrected chi connectivity index (χ2v) is 8.77. The van der Waals surface area contributed by atoms with Crippen LogP contribution >= 0.6 is 11.6 Å². The fourth-order valence-electron chi connectivity index (χ4n) is 5.56. The first-order chi connectivity index (χ1) is 12.3. The maximum absolute atomic E-state index is 13.1. The molecule has 0 unspecified atom stereocenters. The van der Waals surface area contributed by atoms with Crippen LogP contribution in [0.1, 0.15) is 55.8 Å². The Hall–Kier alpha value is -1.62. The Morgan fingerprint density at radius 2 is 1.77 bits per heavy atom. The Kier molecular flexibility index (Phi) is 4.46. The highest BCUT2D eigenvalue weighted by Crippen LogP contribution is 2.55. The molecule has 5 rings (SSSR count). The number of ether oxygens (including phenoxy) is 1. The van der Waals surface area contributed by atoms with Gasteiger partial charge in [-0.2, -0.15) is 0 Å². The molecule has 1 N–H and O–H groups in total. The molecule has 0 aliphatic heterocycles. The molecule has 1 atom stereocenters. The normalized spacial score (nSPS) is 33.0. The first-order valence-corrected chi connectivity index (χ1v) is 9.69. The molecule has 0 radical (unpaired) electrons. The third-order valence-corrected chi connectivity index (χ3v) is 6.54. The summed E-state index contributed by atoms with van der Waals surface area (Å²) < 4.78 is 18.4. The SMILES string of the molecule is C[C@H](OC(=O)c1ccc(F)cc1Cl)C(=O)NC12CC3CC(CC(C3)C1)C2. The molecular formula is C20H23ClFNO3. The van der Waals surface area contributed by atoms with Crippen molar-refractivity contribution in [2.24, 2.45) is 17.8 Å². The van der Waals surface area contributed by atoms with Crippen LogP contribution in [0.4, 0.5) is 4.39 Å². The summed E-state index contributed by atoms with van der Waals surface area (Å²) in [6.07, 6.45) is 6.07. The topological polar surface area (TPSA) is 55.4 Å². The second kappa shape index (κ2) is 6.52. The molecule has 4 aliphatic carbocycles. The van der Waals surface area contributed by atoms with Gasteiger partial charge < -0.3 is 10.1 Å². The molecule has 1 aromatic carbocycles. The van der Waals surface area contributed by atoms with Crippen molar-refractivity contribution in [3.8, 4) is 0 Å². The number of hydrogen-bond donors (Lipinski definition) is 1. The summed E-state index contributed by atoms with van der Waals surface area (Å²) in [4.78, 5) is 24.9. The van der Waals surface area contributed by atoms with Gasteiger partial charge in [-0.15, -0.1) is 0 Å². The minimum Gasteiger partial charge on any atom is -0.449 e. The molecule has 1 aromatic rings. The van der Waals surface area contributed by atoms with Gasteiger partial charge in [-0.1, -0.05) is 11.6 Å². The number of amides is 1. The zero-order valence-electron chi connectivity index (χ0n) is 14.8. The van der Waals surface area contributed by atoms with Crippen molar-refractivity contribution in [2.75, 3.05) is 0 Å². The summed E-state index contributed by atoms with van der Waals surface area (Å²) in [6, 6.07) is 3.46. The second-order valence-electron chi connectivity index (χ2n) is 8.36. The summed E-state index contributed by atoms with van der Waals surface area (Å²) in [5.74, 6) is 0.646. The van der Waals surface area contributed by atoms with Gasteiger partial charge in [-0.05, 0) is 81.4 Å². The van der Waals surface area contributed by atoms with Crippen molar-refractivity contribution >= 4 is 23.5 Å². The molecule has 0 saturated heterocycles. The van der Waals surface area contributed by atoms with Gasteiger partial charge in [-0.3, -0.25) is 4.79 Å². The van der Waals surface area contributed by atoms with Gasteiger partial charge in [0.05, 0.1) is 10.6 Å². The lowest BCUT2D eigenvalue weighted by atomic mass is 9.53. The summed E-state index contributed by atoms with van der Waals surface area (Å²) in [7, 11) is 0. The van der Waals surface area contributed by atoms with E-state index in [1.165, 1.54) is 25.3 Å². The monoisotopic (exact) mass is 379 g/mol. The van der Waals surface area contributed by atoms with E-state index in [0.717, 1.165) is 49.1 Å². The van der Waals surface area contributed by atoms with Crippen molar-refractivity contribution < 1.29 is 18.7 Å². The molecule has 4 saturated carbocycles. The predicted octanol–water partition coefficient (Wildman–Crippen LogP) is 4.11. The van der Waals surface area contributed by atoms with Crippen LogP contribution in [0.25, 0.3) is 0 Å². The Bertz CT molecular complexity index is 715. The third-order valence-electron chi connectivity index (χ3n) is 6.23. The molecule has 1 amide bonds. The number of nitrogens with one attached hydrogen (secondary N) is 1. The average Bonchev–Trinajstić information content (AvgIpc) is 2.52. The average molecular weight is 380 g/mol. The van der Waals surface area contributed by atoms with Crippen LogP contribution in [0.3, 0.4) is 0 Å². The van der Waals surface area contributed by atoms with Gasteiger partial charge in [0.25, 0.3) is 5.91 Å². The molecular weight excluding hydrogens is 357 g/mol. The Labute approximate surface area is 157 Å². The van der Waals surface area contributed by atoms with Gasteiger partial charge in [0.15, 0.2) is 6.10 Å². The van der Waals surface area contributed by atoms with E-state index in [0.29, 0.717) is 0 Å². The number of rotatable bonds is 4. The highest BCUT2D eigenvalue weighted by Gasteiger charge is 2.51. The summed E-state index contributed by atoms with van der Waals surface area (Å²) in [5.41, 5.74) is -0.0671. The van der Waals surface area contributed by atoms with Gasteiger partial charge in [0, 0.05) is 5.54 Å². The zero-order chi connectivity index (χ0) is 18.5. The lowest BCUT2D eigenvalue weighted by Gasteiger charge is -2.57. The van der Waals surface area contributed by atoms with E-state index in [-0.39, 0.29) is 22.0 Å². The largest absolute Gasteiger partial charge is 0.449 e. The van der Waals surface area contributed by atoms with Gasteiger partial charge >= 0.3 is 5.97 Å². The van der Waals surface area contributed by atoms with Gasteiger partial charge in [0.2, 0.25) is 0 Å². The smallest absolute Gasteiger partial charge is 0.340 e. The maximum atomic E-state index is 13.1. The van der Waals surface area contributed by atoms with Crippen LogP contribution in [0.2, 0.25) is 5.02 Å². The van der Waals surface area contributed by atoms with Crippen molar-refractivity contribution in [1.29, 1.82) is 0 Å². The molecule has 4 nitrogen and oxygen atoms in total. The first kappa shape index (κ1) is 17.8. The molecule has 0 spiro atoms. The van der Waals surface area contributed by atoms with Crippen LogP contribution in [0.5, 0.6) is 0 Å². The molecule has 4 fully saturated rings. The number of benzene rings is 1. The van der Waals surface area contributed by atoms with E-state index in [1.54, 1.807) is 6.92 Å². The maximum Gasteiger partial charge on any atom is 0.340 e. The number of carbonyl (C=O) groups excluding carboxylic acids is 2. The summed E-state index contributed by atoms with van der Waals surface area (Å²) >= 11 is 5.89. The van der Waals surface area contributed by atoms with Crippen LogP contribution < -0.4 is 5.32 Å². The number of hydrogen-bond acceptors (Lipinski definition) is 3. The van der Waals surface area contributed by atoms with Crippen LogP contribution in [-0.2, 0) is 9.53 Å². The molecule has 4 bridgehead atoms. The standard InChI is InChI=1S/C20H23ClFNO3/c1-11(26-19(25)16-3-2-15(22)7-17(16)21)18(24)23-20-8-12-4-13(9-20)6-14(5-12)10-20/h2-3,7,11-14H,4-6,8-10H2,1H3,(H,23,24)/t11-,12?,13?,14?,20?/m0/s1. The van der Waals surface area contributed by atoms with Crippen molar-refractivity contribution in [3.63, 3.8) is 0 Å². The molecule has 6 heteroatoms. The fraction of sp³-hybridized carbons (Fsp3) is 0.600. The first-order valence-electron chi connectivity index (χ1n) is 9.31. The fourth-order valence-corrected chi connectivity index (χ4v) is 5.80. The predicted molar refractivity (Wildman–Crippen MR) is 95.3 cm³/mol. The third kappa shape index (κ3) is 3.34. The lowest BCUT2D eigenvalue weighted by molar-refractivity contribution is -0.134. The number of esters is 1. The van der Waals surface area contributed by atoms with E-state index >= 15 is 0 Å². The highest BCUT2D eigenvalue weighted by molar-refractivity contribution is 6.33. The molecule has 0 aromatic heterocycles. The zero-order valence-corrected chi connectivity index (χ0v) is 15.5. The van der Waals surface area contributed by atoms with Crippen LogP contribution in [-0.4, -0.2) is 23.5 Å². The quantitative estimate of drug-likeness (QED) is 0.801. The minimum atomic E-state index is -0.920. The van der Waals surface area contributed by atoms with E-state index in [9.17, 15) is 14.0 Å². The summed E-state index contributed by atoms with van der Waals surface area (Å²) in [6.45, 7) is 1.56. The molecule has 26 heavy (non-hydrogen) atoms. The van der Waals surface area contributed by atoms with Gasteiger partial charge in [-0.25, -0.2) is 9.18 Å². The lowest BCUT2D eigenvalue weighted by Crippen LogP contribution is -2.61. The number of carbonyl (C=O) groups is 2. The molecule has 4 aliphatic rings. The molecule has 0 heterocycles. The summed E-state index contributed by atoms with van der Waals surface area (Å²) in [5, 5.41) is 3.17. The minimum absolute atomic E-state index is 0.0244. The molecule has 140 valence electrons. The van der Waals surface area contributed by atoms with Crippen molar-refractivity contribution in [3.05, 3.63) is 34.6 Å². The van der Waals surface area contributed by atoms with E-state index < -0.39 is 17.9 Å². The van der Waals surface area contributed by atoms with E-state index in [2.05, 4.69) is 5.32 Å². The van der Waals surface area contributed by atoms with Crippen LogP contribution in [0.15, 0.2) is 18.2 Å². The van der Waals surface area contributed by atoms with Crippen LogP contribution in [0, 0.1) is 23.6 Å². The Morgan fingerprint density at radius 3 is 2.31 bits per heavy atom.